The van der Waals surface area contributed by atoms with Crippen LogP contribution in [0, 0.1) is 0 Å². The summed E-state index contributed by atoms with van der Waals surface area (Å²) in [5.41, 5.74) is 1.48. The number of carbonyl (C=O) groups excluding carboxylic acids is 1. The number of hydrogen-bond acceptors (Lipinski definition) is 3. The summed E-state index contributed by atoms with van der Waals surface area (Å²) in [6, 6.07) is 9.38. The van der Waals surface area contributed by atoms with Crippen LogP contribution in [0.3, 0.4) is 0 Å². The van der Waals surface area contributed by atoms with Gasteiger partial charge in [0, 0.05) is 10.9 Å². The molecule has 2 heterocycles. The standard InChI is InChI=1S/C13H13N5O/c1-8(12-14-7-15-18-12)16-13(19)11-6-9-4-2-3-5-10(9)17-11/h2-8,17H,1H3,(H,16,19)(H,14,15,18). The normalized spacial score (nSPS) is 12.5. The molecule has 3 N–H and O–H groups in total. The highest BCUT2D eigenvalue weighted by molar-refractivity contribution is 5.98. The van der Waals surface area contributed by atoms with Crippen molar-refractivity contribution in [2.45, 2.75) is 13.0 Å². The van der Waals surface area contributed by atoms with Crippen LogP contribution in [0.4, 0.5) is 0 Å². The maximum Gasteiger partial charge on any atom is 0.268 e. The van der Waals surface area contributed by atoms with Crippen LogP contribution in [0.2, 0.25) is 0 Å². The van der Waals surface area contributed by atoms with Gasteiger partial charge in [0.15, 0.2) is 0 Å². The number of rotatable bonds is 3. The number of para-hydroxylation sites is 1. The SMILES string of the molecule is CC(NC(=O)c1cc2ccccc2[nH]1)c1ncn[nH]1. The van der Waals surface area contributed by atoms with Crippen LogP contribution < -0.4 is 5.32 Å². The Hall–Kier alpha value is -2.63. The quantitative estimate of drug-likeness (QED) is 0.666. The van der Waals surface area contributed by atoms with Crippen molar-refractivity contribution >= 4 is 16.8 Å². The van der Waals surface area contributed by atoms with E-state index >= 15 is 0 Å². The number of benzene rings is 1. The van der Waals surface area contributed by atoms with Gasteiger partial charge >= 0.3 is 0 Å². The first-order valence-corrected chi connectivity index (χ1v) is 5.98. The topological polar surface area (TPSA) is 86.5 Å². The highest BCUT2D eigenvalue weighted by Crippen LogP contribution is 2.15. The molecule has 2 aromatic heterocycles. The summed E-state index contributed by atoms with van der Waals surface area (Å²) in [6.07, 6.45) is 1.42. The Labute approximate surface area is 109 Å². The molecule has 19 heavy (non-hydrogen) atoms. The third-order valence-corrected chi connectivity index (χ3v) is 2.97. The monoisotopic (exact) mass is 255 g/mol. The number of aromatic nitrogens is 4. The van der Waals surface area contributed by atoms with Gasteiger partial charge < -0.3 is 10.3 Å². The van der Waals surface area contributed by atoms with Gasteiger partial charge in [0.05, 0.1) is 6.04 Å². The summed E-state index contributed by atoms with van der Waals surface area (Å²) in [7, 11) is 0. The molecule has 1 atom stereocenters. The lowest BCUT2D eigenvalue weighted by Gasteiger charge is -2.09. The van der Waals surface area contributed by atoms with Crippen molar-refractivity contribution in [3.05, 3.63) is 48.2 Å². The van der Waals surface area contributed by atoms with Crippen LogP contribution in [-0.4, -0.2) is 26.1 Å². The lowest BCUT2D eigenvalue weighted by atomic mass is 10.2. The molecule has 0 aliphatic heterocycles. The second-order valence-electron chi connectivity index (χ2n) is 4.34. The van der Waals surface area contributed by atoms with Crippen molar-refractivity contribution in [1.29, 1.82) is 0 Å². The Morgan fingerprint density at radius 1 is 1.37 bits per heavy atom. The number of aromatic amines is 2. The second-order valence-corrected chi connectivity index (χ2v) is 4.34. The van der Waals surface area contributed by atoms with Crippen molar-refractivity contribution in [3.8, 4) is 0 Å². The molecule has 0 aliphatic rings. The fraction of sp³-hybridized carbons (Fsp3) is 0.154. The van der Waals surface area contributed by atoms with Gasteiger partial charge in [-0.05, 0) is 19.1 Å². The third kappa shape index (κ3) is 2.20. The average molecular weight is 255 g/mol. The third-order valence-electron chi connectivity index (χ3n) is 2.97. The van der Waals surface area contributed by atoms with Crippen LogP contribution >= 0.6 is 0 Å². The molecule has 0 radical (unpaired) electrons. The van der Waals surface area contributed by atoms with Crippen molar-refractivity contribution in [1.82, 2.24) is 25.5 Å². The Morgan fingerprint density at radius 2 is 2.21 bits per heavy atom. The van der Waals surface area contributed by atoms with Crippen LogP contribution in [-0.2, 0) is 0 Å². The van der Waals surface area contributed by atoms with E-state index in [1.807, 2.05) is 37.3 Å². The van der Waals surface area contributed by atoms with Crippen LogP contribution in [0.15, 0.2) is 36.7 Å². The van der Waals surface area contributed by atoms with Gasteiger partial charge in [0.2, 0.25) is 0 Å². The summed E-state index contributed by atoms with van der Waals surface area (Å²) in [6.45, 7) is 1.85. The Bertz CT molecular complexity index is 668. The molecule has 3 aromatic rings. The molecule has 1 aromatic carbocycles. The predicted molar refractivity (Wildman–Crippen MR) is 70.6 cm³/mol. The highest BCUT2D eigenvalue weighted by Gasteiger charge is 2.15. The fourth-order valence-corrected chi connectivity index (χ4v) is 1.96. The largest absolute Gasteiger partial charge is 0.351 e. The fourth-order valence-electron chi connectivity index (χ4n) is 1.96. The number of nitrogens with zero attached hydrogens (tertiary/aromatic N) is 2. The maximum absolute atomic E-state index is 12.1. The van der Waals surface area contributed by atoms with Gasteiger partial charge in [0.25, 0.3) is 5.91 Å². The van der Waals surface area contributed by atoms with Gasteiger partial charge in [-0.2, -0.15) is 5.10 Å². The molecule has 0 fully saturated rings. The molecule has 1 unspecified atom stereocenters. The molecule has 6 heteroatoms. The van der Waals surface area contributed by atoms with Gasteiger partial charge in [-0.1, -0.05) is 18.2 Å². The van der Waals surface area contributed by atoms with Gasteiger partial charge in [-0.15, -0.1) is 0 Å². The molecule has 0 bridgehead atoms. The second kappa shape index (κ2) is 4.56. The van der Waals surface area contributed by atoms with Crippen LogP contribution in [0.25, 0.3) is 10.9 Å². The van der Waals surface area contributed by atoms with E-state index in [1.165, 1.54) is 6.33 Å². The minimum Gasteiger partial charge on any atom is -0.351 e. The summed E-state index contributed by atoms with van der Waals surface area (Å²) in [5, 5.41) is 10.4. The van der Waals surface area contributed by atoms with E-state index in [9.17, 15) is 4.79 Å². The highest BCUT2D eigenvalue weighted by atomic mass is 16.1. The van der Waals surface area contributed by atoms with E-state index < -0.39 is 0 Å². The minimum atomic E-state index is -0.221. The van der Waals surface area contributed by atoms with Crippen molar-refractivity contribution in [3.63, 3.8) is 0 Å². The number of amides is 1. The lowest BCUT2D eigenvalue weighted by Crippen LogP contribution is -2.27. The molecule has 0 spiro atoms. The van der Waals surface area contributed by atoms with Crippen molar-refractivity contribution < 1.29 is 4.79 Å². The van der Waals surface area contributed by atoms with E-state index in [-0.39, 0.29) is 11.9 Å². The van der Waals surface area contributed by atoms with E-state index in [4.69, 9.17) is 0 Å². The van der Waals surface area contributed by atoms with E-state index in [1.54, 1.807) is 0 Å². The zero-order chi connectivity index (χ0) is 13.2. The first kappa shape index (κ1) is 11.5. The van der Waals surface area contributed by atoms with E-state index in [2.05, 4.69) is 25.5 Å². The summed E-state index contributed by atoms with van der Waals surface area (Å²) >= 11 is 0. The summed E-state index contributed by atoms with van der Waals surface area (Å²) in [4.78, 5) is 19.2. The molecular formula is C13H13N5O. The molecule has 1 amide bonds. The molecular weight excluding hydrogens is 242 g/mol. The minimum absolute atomic E-state index is 0.167. The first-order valence-electron chi connectivity index (χ1n) is 5.98. The molecule has 96 valence electrons. The zero-order valence-electron chi connectivity index (χ0n) is 10.3. The molecule has 3 rings (SSSR count). The Balaban J connectivity index is 1.80. The maximum atomic E-state index is 12.1. The summed E-state index contributed by atoms with van der Waals surface area (Å²) in [5.74, 6) is 0.463. The lowest BCUT2D eigenvalue weighted by molar-refractivity contribution is 0.0934. The van der Waals surface area contributed by atoms with Crippen LogP contribution in [0.1, 0.15) is 29.3 Å². The predicted octanol–water partition coefficient (Wildman–Crippen LogP) is 1.78. The zero-order valence-corrected chi connectivity index (χ0v) is 10.3. The van der Waals surface area contributed by atoms with Gasteiger partial charge in [-0.25, -0.2) is 4.98 Å². The van der Waals surface area contributed by atoms with Gasteiger partial charge in [-0.3, -0.25) is 9.89 Å². The average Bonchev–Trinajstić information content (AvgIpc) is 3.07. The smallest absolute Gasteiger partial charge is 0.268 e. The molecule has 6 nitrogen and oxygen atoms in total. The van der Waals surface area contributed by atoms with Gasteiger partial charge in [0.1, 0.15) is 17.8 Å². The Morgan fingerprint density at radius 3 is 2.95 bits per heavy atom. The number of H-pyrrole nitrogens is 2. The number of carbonyl (C=O) groups is 1. The van der Waals surface area contributed by atoms with Crippen molar-refractivity contribution in [2.24, 2.45) is 0 Å². The molecule has 0 saturated carbocycles. The number of hydrogen-bond donors (Lipinski definition) is 3. The van der Waals surface area contributed by atoms with Crippen LogP contribution in [0.5, 0.6) is 0 Å². The number of fused-ring (bicyclic) bond motifs is 1. The number of nitrogens with one attached hydrogen (secondary N) is 3. The van der Waals surface area contributed by atoms with E-state index in [0.29, 0.717) is 11.5 Å². The summed E-state index contributed by atoms with van der Waals surface area (Å²) < 4.78 is 0. The molecule has 0 aliphatic carbocycles. The van der Waals surface area contributed by atoms with Crippen molar-refractivity contribution in [2.75, 3.05) is 0 Å². The first-order chi connectivity index (χ1) is 9.24. The molecule has 0 saturated heterocycles. The Kier molecular flexibility index (Phi) is 2.75. The van der Waals surface area contributed by atoms with E-state index in [0.717, 1.165) is 10.9 Å².